The summed E-state index contributed by atoms with van der Waals surface area (Å²) in [7, 11) is -3.21. The molecular weight excluding hydrogens is 281 g/mol. The maximum absolute atomic E-state index is 12.7. The lowest BCUT2D eigenvalue weighted by Crippen LogP contribution is -2.19. The Bertz CT molecular complexity index is 541. The van der Waals surface area contributed by atoms with Crippen LogP contribution in [0.4, 0.5) is 24.5 Å². The Balaban J connectivity index is 2.85. The molecule has 8 heteroatoms. The molecule has 0 heterocycles. The second-order valence-corrected chi connectivity index (χ2v) is 6.44. The molecule has 0 aromatic heterocycles. The van der Waals surface area contributed by atoms with E-state index in [1.165, 1.54) is 19.1 Å². The Hall–Kier alpha value is -1.44. The summed E-state index contributed by atoms with van der Waals surface area (Å²) in [6.45, 7) is 1.41. The van der Waals surface area contributed by atoms with Crippen molar-refractivity contribution in [2.24, 2.45) is 0 Å². The smallest absolute Gasteiger partial charge is 0.399 e. The summed E-state index contributed by atoms with van der Waals surface area (Å²) in [5.41, 5.74) is 4.24. The zero-order valence-corrected chi connectivity index (χ0v) is 11.1. The maximum atomic E-state index is 12.7. The first kappa shape index (κ1) is 15.6. The van der Waals surface area contributed by atoms with Gasteiger partial charge in [-0.25, -0.2) is 8.42 Å². The van der Waals surface area contributed by atoms with Crippen LogP contribution in [0.15, 0.2) is 18.2 Å². The van der Waals surface area contributed by atoms with Crippen molar-refractivity contribution < 1.29 is 21.6 Å². The average molecular weight is 296 g/mol. The summed E-state index contributed by atoms with van der Waals surface area (Å²) in [6.07, 6.45) is -4.54. The lowest BCUT2D eigenvalue weighted by Gasteiger charge is -2.15. The number of alkyl halides is 3. The van der Waals surface area contributed by atoms with Crippen molar-refractivity contribution in [2.45, 2.75) is 13.1 Å². The molecule has 0 saturated carbocycles. The molecule has 0 atom stereocenters. The molecule has 0 radical (unpaired) electrons. The van der Waals surface area contributed by atoms with E-state index in [0.29, 0.717) is 0 Å². The van der Waals surface area contributed by atoms with Gasteiger partial charge in [-0.3, -0.25) is 0 Å². The van der Waals surface area contributed by atoms with Crippen molar-refractivity contribution in [3.8, 4) is 0 Å². The van der Waals surface area contributed by atoms with Gasteiger partial charge in [0.2, 0.25) is 0 Å². The molecule has 0 aliphatic carbocycles. The van der Waals surface area contributed by atoms with E-state index in [-0.39, 0.29) is 29.4 Å². The Morgan fingerprint density at radius 3 is 2.47 bits per heavy atom. The van der Waals surface area contributed by atoms with Crippen molar-refractivity contribution in [3.63, 3.8) is 0 Å². The van der Waals surface area contributed by atoms with Crippen LogP contribution in [-0.2, 0) is 16.0 Å². The van der Waals surface area contributed by atoms with Crippen LogP contribution >= 0.6 is 0 Å². The third-order valence-corrected chi connectivity index (χ3v) is 4.22. The van der Waals surface area contributed by atoms with E-state index < -0.39 is 21.6 Å². The first-order chi connectivity index (χ1) is 8.65. The van der Waals surface area contributed by atoms with E-state index in [9.17, 15) is 21.6 Å². The fourth-order valence-electron chi connectivity index (χ4n) is 1.44. The molecule has 1 aromatic rings. The molecule has 0 aliphatic heterocycles. The van der Waals surface area contributed by atoms with Gasteiger partial charge < -0.3 is 11.1 Å². The van der Waals surface area contributed by atoms with E-state index in [1.807, 2.05) is 0 Å². The number of hydrogen-bond donors (Lipinski definition) is 2. The standard InChI is InChI=1S/C11H15F3N2O2S/c1-2-19(17,18)6-5-16-10-4-3-8(15)7-9(10)11(12,13)14/h3-4,7,16H,2,5-6,15H2,1H3. The summed E-state index contributed by atoms with van der Waals surface area (Å²) in [5.74, 6) is -0.256. The summed E-state index contributed by atoms with van der Waals surface area (Å²) in [5, 5.41) is 2.48. The number of rotatable bonds is 5. The van der Waals surface area contributed by atoms with Crippen LogP contribution in [0.2, 0.25) is 0 Å². The third-order valence-electron chi connectivity index (χ3n) is 2.52. The maximum Gasteiger partial charge on any atom is 0.418 e. The highest BCUT2D eigenvalue weighted by Crippen LogP contribution is 2.35. The van der Waals surface area contributed by atoms with Gasteiger partial charge in [0.1, 0.15) is 0 Å². The lowest BCUT2D eigenvalue weighted by atomic mass is 10.1. The Kier molecular flexibility index (Phi) is 4.67. The highest BCUT2D eigenvalue weighted by Gasteiger charge is 2.33. The number of sulfone groups is 1. The van der Waals surface area contributed by atoms with E-state index in [1.54, 1.807) is 0 Å². The van der Waals surface area contributed by atoms with Crippen molar-refractivity contribution in [2.75, 3.05) is 29.1 Å². The van der Waals surface area contributed by atoms with Gasteiger partial charge in [0.15, 0.2) is 9.84 Å². The predicted molar refractivity (Wildman–Crippen MR) is 68.7 cm³/mol. The highest BCUT2D eigenvalue weighted by molar-refractivity contribution is 7.91. The molecule has 0 saturated heterocycles. The summed E-state index contributed by atoms with van der Waals surface area (Å²) in [6, 6.07) is 3.33. The van der Waals surface area contributed by atoms with Gasteiger partial charge in [-0.1, -0.05) is 6.92 Å². The molecule has 1 rings (SSSR count). The second kappa shape index (κ2) is 5.68. The second-order valence-electron chi connectivity index (χ2n) is 3.97. The minimum atomic E-state index is -4.54. The van der Waals surface area contributed by atoms with Gasteiger partial charge in [-0.2, -0.15) is 13.2 Å². The number of nitrogens with two attached hydrogens (primary N) is 1. The van der Waals surface area contributed by atoms with Crippen LogP contribution < -0.4 is 11.1 Å². The van der Waals surface area contributed by atoms with E-state index >= 15 is 0 Å². The van der Waals surface area contributed by atoms with Gasteiger partial charge in [0, 0.05) is 23.7 Å². The molecule has 4 nitrogen and oxygen atoms in total. The van der Waals surface area contributed by atoms with Crippen LogP contribution in [-0.4, -0.2) is 26.5 Å². The fraction of sp³-hybridized carbons (Fsp3) is 0.455. The first-order valence-corrected chi connectivity index (χ1v) is 7.39. The van der Waals surface area contributed by atoms with Crippen LogP contribution in [0.3, 0.4) is 0 Å². The van der Waals surface area contributed by atoms with Gasteiger partial charge in [0.05, 0.1) is 11.3 Å². The quantitative estimate of drug-likeness (QED) is 0.817. The molecule has 0 fully saturated rings. The molecule has 1 aromatic carbocycles. The number of hydrogen-bond acceptors (Lipinski definition) is 4. The number of nitrogen functional groups attached to an aromatic ring is 1. The van der Waals surface area contributed by atoms with Crippen LogP contribution in [0.1, 0.15) is 12.5 Å². The normalized spacial score (nSPS) is 12.4. The van der Waals surface area contributed by atoms with Gasteiger partial charge in [0.25, 0.3) is 0 Å². The lowest BCUT2D eigenvalue weighted by molar-refractivity contribution is -0.136. The largest absolute Gasteiger partial charge is 0.418 e. The van der Waals surface area contributed by atoms with Crippen molar-refractivity contribution in [3.05, 3.63) is 23.8 Å². The summed E-state index contributed by atoms with van der Waals surface area (Å²) in [4.78, 5) is 0. The predicted octanol–water partition coefficient (Wildman–Crippen LogP) is 2.13. The van der Waals surface area contributed by atoms with E-state index in [4.69, 9.17) is 5.73 Å². The fourth-order valence-corrected chi connectivity index (χ4v) is 2.14. The topological polar surface area (TPSA) is 72.2 Å². The molecular formula is C11H15F3N2O2S. The van der Waals surface area contributed by atoms with Crippen molar-refractivity contribution >= 4 is 21.2 Å². The molecule has 0 unspecified atom stereocenters. The van der Waals surface area contributed by atoms with E-state index in [0.717, 1.165) is 6.07 Å². The SMILES string of the molecule is CCS(=O)(=O)CCNc1ccc(N)cc1C(F)(F)F. The monoisotopic (exact) mass is 296 g/mol. The van der Waals surface area contributed by atoms with Crippen molar-refractivity contribution in [1.82, 2.24) is 0 Å². The molecule has 0 amide bonds. The van der Waals surface area contributed by atoms with Crippen LogP contribution in [0.25, 0.3) is 0 Å². The van der Waals surface area contributed by atoms with Crippen LogP contribution in [0.5, 0.6) is 0 Å². The molecule has 3 N–H and O–H groups in total. The Morgan fingerprint density at radius 2 is 1.95 bits per heavy atom. The summed E-state index contributed by atoms with van der Waals surface area (Å²) >= 11 is 0. The number of nitrogens with one attached hydrogen (secondary N) is 1. The average Bonchev–Trinajstić information content (AvgIpc) is 2.29. The first-order valence-electron chi connectivity index (χ1n) is 5.56. The molecule has 19 heavy (non-hydrogen) atoms. The highest BCUT2D eigenvalue weighted by atomic mass is 32.2. The number of anilines is 2. The molecule has 0 bridgehead atoms. The van der Waals surface area contributed by atoms with Crippen LogP contribution in [0, 0.1) is 0 Å². The Morgan fingerprint density at radius 1 is 1.32 bits per heavy atom. The minimum absolute atomic E-state index is 0.000875. The zero-order chi connectivity index (χ0) is 14.7. The third kappa shape index (κ3) is 4.62. The molecule has 0 spiro atoms. The number of halogens is 3. The van der Waals surface area contributed by atoms with Gasteiger partial charge >= 0.3 is 6.18 Å². The van der Waals surface area contributed by atoms with E-state index in [2.05, 4.69) is 5.32 Å². The van der Waals surface area contributed by atoms with Gasteiger partial charge in [-0.05, 0) is 18.2 Å². The number of benzene rings is 1. The van der Waals surface area contributed by atoms with Crippen molar-refractivity contribution in [1.29, 1.82) is 0 Å². The van der Waals surface area contributed by atoms with Gasteiger partial charge in [-0.15, -0.1) is 0 Å². The molecule has 0 aliphatic rings. The molecule has 108 valence electrons. The minimum Gasteiger partial charge on any atom is -0.399 e. The summed E-state index contributed by atoms with van der Waals surface area (Å²) < 4.78 is 60.7. The zero-order valence-electron chi connectivity index (χ0n) is 10.3. The Labute approximate surface area is 109 Å².